The summed E-state index contributed by atoms with van der Waals surface area (Å²) in [5.41, 5.74) is -7.45. The fourth-order valence-corrected chi connectivity index (χ4v) is 8.01. The minimum absolute atomic E-state index is 0.00525. The first-order valence-electron chi connectivity index (χ1n) is 12.3. The molecule has 3 fully saturated rings. The smallest absolute Gasteiger partial charge is 0.375 e. The Labute approximate surface area is 207 Å². The highest BCUT2D eigenvalue weighted by Crippen LogP contribution is 2.70. The molecule has 0 aromatic carbocycles. The van der Waals surface area contributed by atoms with E-state index in [1.165, 1.54) is 37.5 Å². The second-order valence-corrected chi connectivity index (χ2v) is 11.2. The molecule has 1 aromatic heterocycles. The van der Waals surface area contributed by atoms with Gasteiger partial charge in [0, 0.05) is 22.7 Å². The lowest BCUT2D eigenvalue weighted by molar-refractivity contribution is -0.267. The van der Waals surface area contributed by atoms with Gasteiger partial charge < -0.3 is 19.4 Å². The van der Waals surface area contributed by atoms with Crippen LogP contribution >= 0.6 is 0 Å². The predicted molar refractivity (Wildman–Crippen MR) is 122 cm³/mol. The van der Waals surface area contributed by atoms with Crippen molar-refractivity contribution in [2.75, 3.05) is 0 Å². The van der Waals surface area contributed by atoms with Gasteiger partial charge >= 0.3 is 11.9 Å². The van der Waals surface area contributed by atoms with E-state index in [0.29, 0.717) is 12.8 Å². The van der Waals surface area contributed by atoms with Gasteiger partial charge in [0.2, 0.25) is 11.4 Å². The molecule has 3 saturated carbocycles. The highest BCUT2D eigenvalue weighted by molar-refractivity contribution is 6.01. The van der Waals surface area contributed by atoms with Gasteiger partial charge in [-0.05, 0) is 68.4 Å². The van der Waals surface area contributed by atoms with Crippen LogP contribution in [0.3, 0.4) is 0 Å². The van der Waals surface area contributed by atoms with E-state index in [1.807, 2.05) is 0 Å². The van der Waals surface area contributed by atoms with Crippen LogP contribution < -0.4 is 0 Å². The van der Waals surface area contributed by atoms with E-state index in [9.17, 15) is 24.6 Å². The quantitative estimate of drug-likeness (QED) is 0.593. The first-order chi connectivity index (χ1) is 16.8. The molecule has 0 bridgehead atoms. The monoisotopic (exact) mass is 504 g/mol. The number of carbonyl (C=O) groups is 3. The van der Waals surface area contributed by atoms with Crippen LogP contribution in [0.4, 0.5) is 8.78 Å². The van der Waals surface area contributed by atoms with Gasteiger partial charge in [0.05, 0.1) is 12.4 Å². The van der Waals surface area contributed by atoms with Gasteiger partial charge in [0.25, 0.3) is 0 Å². The zero-order chi connectivity index (χ0) is 26.3. The number of aliphatic carboxylic acids is 1. The van der Waals surface area contributed by atoms with Crippen LogP contribution in [0.5, 0.6) is 0 Å². The number of furan rings is 1. The molecule has 0 spiro atoms. The predicted octanol–water partition coefficient (Wildman–Crippen LogP) is 4.21. The van der Waals surface area contributed by atoms with E-state index >= 15 is 8.78 Å². The zero-order valence-electron chi connectivity index (χ0n) is 20.4. The van der Waals surface area contributed by atoms with Crippen molar-refractivity contribution < 1.29 is 42.5 Å². The Hall–Kier alpha value is -2.81. The van der Waals surface area contributed by atoms with Crippen LogP contribution in [0.25, 0.3) is 0 Å². The number of aliphatic hydroxyl groups is 1. The summed E-state index contributed by atoms with van der Waals surface area (Å²) in [4.78, 5) is 37.9. The van der Waals surface area contributed by atoms with Crippen LogP contribution in [-0.4, -0.2) is 51.5 Å². The molecule has 4 aliphatic rings. The Bertz CT molecular complexity index is 1170. The number of hydrogen-bond donors (Lipinski definition) is 2. The van der Waals surface area contributed by atoms with E-state index < -0.39 is 69.9 Å². The number of halogens is 2. The van der Waals surface area contributed by atoms with E-state index in [-0.39, 0.29) is 24.2 Å². The van der Waals surface area contributed by atoms with Crippen LogP contribution in [-0.2, 0) is 14.3 Å². The van der Waals surface area contributed by atoms with E-state index in [2.05, 4.69) is 0 Å². The number of allylic oxidation sites excluding steroid dienone is 4. The molecule has 1 aromatic rings. The van der Waals surface area contributed by atoms with E-state index in [0.717, 1.165) is 6.08 Å². The minimum atomic E-state index is -2.35. The van der Waals surface area contributed by atoms with Crippen molar-refractivity contribution in [3.05, 3.63) is 48.0 Å². The standard InChI is InChI=1S/C27H30F2O7/c1-14-6-7-16-17-12-19(28)18-11-15(30)8-9-24(18,2)26(17,29)21(31)13-25(16,3)27(14,23(33)34)36-22(32)20-5-4-10-35-20/h4-5,8-11,14,16-17,19,21,31H,6-7,12-13H2,1-3H3,(H,33,34)/t14-,16?,17?,19+,21+,24+,25+,26+,27+/m1/s1. The first-order valence-corrected chi connectivity index (χ1v) is 12.3. The van der Waals surface area contributed by atoms with Gasteiger partial charge in [-0.1, -0.05) is 19.9 Å². The fourth-order valence-electron chi connectivity index (χ4n) is 8.01. The number of carbonyl (C=O) groups excluding carboxylic acids is 2. The molecule has 36 heavy (non-hydrogen) atoms. The van der Waals surface area contributed by atoms with Gasteiger partial charge in [-0.3, -0.25) is 4.79 Å². The van der Waals surface area contributed by atoms with Crippen molar-refractivity contribution in [2.24, 2.45) is 28.6 Å². The number of alkyl halides is 2. The van der Waals surface area contributed by atoms with Crippen LogP contribution in [0.2, 0.25) is 0 Å². The molecule has 5 rings (SSSR count). The summed E-state index contributed by atoms with van der Waals surface area (Å²) in [6, 6.07) is 2.83. The average Bonchev–Trinajstić information content (AvgIpc) is 3.35. The zero-order valence-corrected chi connectivity index (χ0v) is 20.4. The van der Waals surface area contributed by atoms with Crippen molar-refractivity contribution in [1.29, 1.82) is 0 Å². The molecule has 2 N–H and O–H groups in total. The lowest BCUT2D eigenvalue weighted by Gasteiger charge is -2.67. The summed E-state index contributed by atoms with van der Waals surface area (Å²) in [7, 11) is 0. The molecule has 9 atom stereocenters. The molecule has 0 aliphatic heterocycles. The summed E-state index contributed by atoms with van der Waals surface area (Å²) in [6.45, 7) is 4.74. The molecule has 9 heteroatoms. The molecule has 2 unspecified atom stereocenters. The molecule has 194 valence electrons. The van der Waals surface area contributed by atoms with E-state index in [1.54, 1.807) is 13.8 Å². The molecular weight excluding hydrogens is 474 g/mol. The number of carboxylic acids is 1. The van der Waals surface area contributed by atoms with Crippen LogP contribution in [0.1, 0.15) is 57.0 Å². The number of rotatable bonds is 3. The molecule has 1 heterocycles. The fraction of sp³-hybridized carbons (Fsp3) is 0.593. The molecule has 0 amide bonds. The minimum Gasteiger partial charge on any atom is -0.478 e. The van der Waals surface area contributed by atoms with Gasteiger partial charge in [-0.15, -0.1) is 0 Å². The number of aliphatic hydroxyl groups excluding tert-OH is 1. The molecule has 7 nitrogen and oxygen atoms in total. The largest absolute Gasteiger partial charge is 0.478 e. The van der Waals surface area contributed by atoms with Crippen molar-refractivity contribution in [3.8, 4) is 0 Å². The average molecular weight is 505 g/mol. The maximum atomic E-state index is 17.3. The number of ketones is 1. The van der Waals surface area contributed by atoms with Crippen molar-refractivity contribution in [1.82, 2.24) is 0 Å². The second kappa shape index (κ2) is 7.84. The number of esters is 1. The Morgan fingerprint density at radius 1 is 1.22 bits per heavy atom. The second-order valence-electron chi connectivity index (χ2n) is 11.2. The van der Waals surface area contributed by atoms with Crippen molar-refractivity contribution in [3.63, 3.8) is 0 Å². The summed E-state index contributed by atoms with van der Waals surface area (Å²) < 4.78 is 43.8. The topological polar surface area (TPSA) is 114 Å². The SMILES string of the molecule is C[C@@H]1CCC2C3C[C@H](F)C4=CC(=O)C=C[C@]4(C)[C@@]3(F)[C@@H](O)C[C@]2(C)[C@@]1(OC(=O)c1ccco1)C(=O)O. The third-order valence-electron chi connectivity index (χ3n) is 9.77. The molecule has 4 aliphatic carbocycles. The number of hydrogen-bond acceptors (Lipinski definition) is 6. The maximum absolute atomic E-state index is 17.3. The summed E-state index contributed by atoms with van der Waals surface area (Å²) in [5, 5.41) is 22.0. The Morgan fingerprint density at radius 3 is 2.58 bits per heavy atom. The maximum Gasteiger partial charge on any atom is 0.375 e. The lowest BCUT2D eigenvalue weighted by Crippen LogP contribution is -2.75. The van der Waals surface area contributed by atoms with Crippen molar-refractivity contribution >= 4 is 17.7 Å². The Morgan fingerprint density at radius 2 is 1.94 bits per heavy atom. The van der Waals surface area contributed by atoms with E-state index in [4.69, 9.17) is 9.15 Å². The third kappa shape index (κ3) is 2.89. The van der Waals surface area contributed by atoms with Crippen LogP contribution in [0, 0.1) is 28.6 Å². The normalized spacial score (nSPS) is 45.7. The Balaban J connectivity index is 1.64. The number of carboxylic acid groups (broad SMARTS) is 1. The summed E-state index contributed by atoms with van der Waals surface area (Å²) in [6.07, 6.45) is 1.59. The lowest BCUT2D eigenvalue weighted by atomic mass is 9.39. The van der Waals surface area contributed by atoms with Gasteiger partial charge in [0.15, 0.2) is 11.5 Å². The molecular formula is C27H30F2O7. The highest BCUT2D eigenvalue weighted by Gasteiger charge is 2.76. The van der Waals surface area contributed by atoms with Gasteiger partial charge in [-0.2, -0.15) is 0 Å². The summed E-state index contributed by atoms with van der Waals surface area (Å²) >= 11 is 0. The highest BCUT2D eigenvalue weighted by atomic mass is 19.1. The number of ether oxygens (including phenoxy) is 1. The molecule has 0 radical (unpaired) electrons. The van der Waals surface area contributed by atoms with Gasteiger partial charge in [-0.25, -0.2) is 18.4 Å². The first kappa shape index (κ1) is 24.9. The third-order valence-corrected chi connectivity index (χ3v) is 9.77. The van der Waals surface area contributed by atoms with Gasteiger partial charge in [0.1, 0.15) is 6.17 Å². The summed E-state index contributed by atoms with van der Waals surface area (Å²) in [5.74, 6) is -5.45. The Kier molecular flexibility index (Phi) is 5.42. The molecule has 0 saturated heterocycles. The van der Waals surface area contributed by atoms with Crippen molar-refractivity contribution in [2.45, 2.75) is 70.0 Å². The number of fused-ring (bicyclic) bond motifs is 5. The van der Waals surface area contributed by atoms with Crippen LogP contribution in [0.15, 0.2) is 46.6 Å².